The summed E-state index contributed by atoms with van der Waals surface area (Å²) in [5.74, 6) is 0.575. The normalized spacial score (nSPS) is 13.9. The van der Waals surface area contributed by atoms with Crippen molar-refractivity contribution in [3.05, 3.63) is 41.2 Å². The SMILES string of the molecule is CC(=O)c1c(C)oc(Nc2nc3ccccc3nc2N2CCCC2)c1C(N)=O. The molecule has 28 heavy (non-hydrogen) atoms. The number of rotatable bonds is 5. The molecule has 8 heteroatoms. The zero-order valence-corrected chi connectivity index (χ0v) is 15.8. The molecule has 0 bridgehead atoms. The highest BCUT2D eigenvalue weighted by atomic mass is 16.4. The predicted octanol–water partition coefficient (Wildman–Crippen LogP) is 3.18. The number of aromatic nitrogens is 2. The Morgan fingerprint density at radius 1 is 1.11 bits per heavy atom. The van der Waals surface area contributed by atoms with E-state index in [0.29, 0.717) is 22.9 Å². The van der Waals surface area contributed by atoms with Gasteiger partial charge in [-0.2, -0.15) is 0 Å². The maximum absolute atomic E-state index is 12.0. The van der Waals surface area contributed by atoms with Gasteiger partial charge in [0.05, 0.1) is 16.6 Å². The average molecular weight is 379 g/mol. The van der Waals surface area contributed by atoms with E-state index in [1.165, 1.54) is 6.92 Å². The van der Waals surface area contributed by atoms with E-state index in [-0.39, 0.29) is 22.8 Å². The summed E-state index contributed by atoms with van der Waals surface area (Å²) in [4.78, 5) is 35.6. The first-order chi connectivity index (χ1) is 13.5. The molecule has 1 amide bonds. The second kappa shape index (κ2) is 6.95. The summed E-state index contributed by atoms with van der Waals surface area (Å²) in [5, 5.41) is 3.07. The van der Waals surface area contributed by atoms with Crippen molar-refractivity contribution >= 4 is 40.2 Å². The zero-order valence-electron chi connectivity index (χ0n) is 15.8. The van der Waals surface area contributed by atoms with E-state index in [2.05, 4.69) is 15.2 Å². The Hall–Kier alpha value is -3.42. The van der Waals surface area contributed by atoms with Gasteiger partial charge in [0.15, 0.2) is 17.4 Å². The van der Waals surface area contributed by atoms with Gasteiger partial charge in [0.1, 0.15) is 11.3 Å². The molecule has 8 nitrogen and oxygen atoms in total. The number of carbonyl (C=O) groups is 2. The van der Waals surface area contributed by atoms with Crippen molar-refractivity contribution in [1.29, 1.82) is 0 Å². The summed E-state index contributed by atoms with van der Waals surface area (Å²) in [5.41, 5.74) is 7.25. The van der Waals surface area contributed by atoms with Gasteiger partial charge in [-0.3, -0.25) is 9.59 Å². The smallest absolute Gasteiger partial charge is 0.255 e. The van der Waals surface area contributed by atoms with Crippen molar-refractivity contribution in [1.82, 2.24) is 9.97 Å². The third-order valence-corrected chi connectivity index (χ3v) is 4.87. The molecule has 0 saturated carbocycles. The topological polar surface area (TPSA) is 114 Å². The predicted molar refractivity (Wildman–Crippen MR) is 106 cm³/mol. The van der Waals surface area contributed by atoms with E-state index < -0.39 is 5.91 Å². The number of nitrogens with one attached hydrogen (secondary N) is 1. The van der Waals surface area contributed by atoms with Gasteiger partial charge in [0.2, 0.25) is 5.88 Å². The second-order valence-corrected chi connectivity index (χ2v) is 6.86. The van der Waals surface area contributed by atoms with E-state index in [0.717, 1.165) is 31.4 Å². The maximum atomic E-state index is 12.0. The molecular weight excluding hydrogens is 358 g/mol. The molecule has 0 unspecified atom stereocenters. The number of hydrogen-bond donors (Lipinski definition) is 2. The Balaban J connectivity index is 1.86. The van der Waals surface area contributed by atoms with Crippen LogP contribution in [0.2, 0.25) is 0 Å². The molecule has 1 saturated heterocycles. The molecule has 1 aromatic carbocycles. The number of aryl methyl sites for hydroxylation is 1. The van der Waals surface area contributed by atoms with Crippen molar-refractivity contribution in [2.75, 3.05) is 23.3 Å². The van der Waals surface area contributed by atoms with Crippen LogP contribution >= 0.6 is 0 Å². The van der Waals surface area contributed by atoms with Crippen LogP contribution in [0.1, 0.15) is 46.2 Å². The third-order valence-electron chi connectivity index (χ3n) is 4.87. The number of nitrogens with zero attached hydrogens (tertiary/aromatic N) is 3. The first-order valence-corrected chi connectivity index (χ1v) is 9.18. The average Bonchev–Trinajstić information content (AvgIpc) is 3.29. The van der Waals surface area contributed by atoms with Gasteiger partial charge in [-0.25, -0.2) is 9.97 Å². The number of hydrogen-bond acceptors (Lipinski definition) is 7. The van der Waals surface area contributed by atoms with E-state index in [1.807, 2.05) is 24.3 Å². The van der Waals surface area contributed by atoms with Gasteiger partial charge in [0, 0.05) is 13.1 Å². The highest BCUT2D eigenvalue weighted by Gasteiger charge is 2.27. The van der Waals surface area contributed by atoms with Gasteiger partial charge < -0.3 is 20.4 Å². The number of nitrogens with two attached hydrogens (primary N) is 1. The molecule has 1 aliphatic heterocycles. The monoisotopic (exact) mass is 379 g/mol. The molecule has 0 radical (unpaired) electrons. The minimum Gasteiger partial charge on any atom is -0.444 e. The standard InChI is InChI=1S/C20H21N5O3/c1-11(26)15-12(2)28-20(16(15)17(21)27)24-18-19(25-9-5-6-10-25)23-14-8-4-3-7-13(14)22-18/h3-4,7-8H,5-6,9-10H2,1-2H3,(H2,21,27)(H,22,24). The zero-order chi connectivity index (χ0) is 19.8. The van der Waals surface area contributed by atoms with Crippen LogP contribution in [-0.2, 0) is 0 Å². The number of carbonyl (C=O) groups excluding carboxylic acids is 2. The van der Waals surface area contributed by atoms with Crippen LogP contribution < -0.4 is 16.0 Å². The minimum absolute atomic E-state index is 0.0346. The van der Waals surface area contributed by atoms with E-state index in [4.69, 9.17) is 15.1 Å². The fourth-order valence-corrected chi connectivity index (χ4v) is 3.62. The lowest BCUT2D eigenvalue weighted by molar-refractivity contribution is 0.0974. The van der Waals surface area contributed by atoms with Gasteiger partial charge in [-0.05, 0) is 38.8 Å². The number of furan rings is 1. The molecule has 0 atom stereocenters. The van der Waals surface area contributed by atoms with Crippen LogP contribution in [0.4, 0.5) is 17.5 Å². The fraction of sp³-hybridized carbons (Fsp3) is 0.300. The highest BCUT2D eigenvalue weighted by Crippen LogP contribution is 2.34. The maximum Gasteiger partial charge on any atom is 0.255 e. The number of Topliss-reactive ketones (excluding diaryl/α,β-unsaturated/α-hetero) is 1. The molecule has 3 aromatic rings. The lowest BCUT2D eigenvalue weighted by Gasteiger charge is -2.20. The number of primary amides is 1. The van der Waals surface area contributed by atoms with Crippen molar-refractivity contribution < 1.29 is 14.0 Å². The number of ketones is 1. The molecule has 0 aliphatic carbocycles. The van der Waals surface area contributed by atoms with Crippen LogP contribution in [0.15, 0.2) is 28.7 Å². The van der Waals surface area contributed by atoms with Crippen LogP contribution in [-0.4, -0.2) is 34.7 Å². The summed E-state index contributed by atoms with van der Waals surface area (Å²) in [6.07, 6.45) is 2.16. The van der Waals surface area contributed by atoms with Gasteiger partial charge >= 0.3 is 0 Å². The molecule has 3 N–H and O–H groups in total. The quantitative estimate of drug-likeness (QED) is 0.654. The Bertz CT molecular complexity index is 1080. The van der Waals surface area contributed by atoms with Crippen molar-refractivity contribution in [2.45, 2.75) is 26.7 Å². The van der Waals surface area contributed by atoms with Crippen molar-refractivity contribution in [3.63, 3.8) is 0 Å². The lowest BCUT2D eigenvalue weighted by atomic mass is 10.1. The molecule has 1 fully saturated rings. The fourth-order valence-electron chi connectivity index (χ4n) is 3.62. The van der Waals surface area contributed by atoms with E-state index >= 15 is 0 Å². The summed E-state index contributed by atoms with van der Waals surface area (Å²) in [7, 11) is 0. The second-order valence-electron chi connectivity index (χ2n) is 6.86. The molecular formula is C20H21N5O3. The number of benzene rings is 1. The first-order valence-electron chi connectivity index (χ1n) is 9.18. The highest BCUT2D eigenvalue weighted by molar-refractivity contribution is 6.10. The van der Waals surface area contributed by atoms with E-state index in [9.17, 15) is 9.59 Å². The Kier molecular flexibility index (Phi) is 4.46. The number of para-hydroxylation sites is 2. The summed E-state index contributed by atoms with van der Waals surface area (Å²) >= 11 is 0. The van der Waals surface area contributed by atoms with Crippen molar-refractivity contribution in [2.24, 2.45) is 5.73 Å². The summed E-state index contributed by atoms with van der Waals surface area (Å²) < 4.78 is 5.68. The summed E-state index contributed by atoms with van der Waals surface area (Å²) in [6, 6.07) is 7.57. The first kappa shape index (κ1) is 18.0. The van der Waals surface area contributed by atoms with Crippen LogP contribution in [0.25, 0.3) is 11.0 Å². The molecule has 2 aromatic heterocycles. The van der Waals surface area contributed by atoms with Crippen LogP contribution in [0.5, 0.6) is 0 Å². The summed E-state index contributed by atoms with van der Waals surface area (Å²) in [6.45, 7) is 4.75. The Morgan fingerprint density at radius 2 is 1.75 bits per heavy atom. The van der Waals surface area contributed by atoms with Gasteiger partial charge in [0.25, 0.3) is 5.91 Å². The van der Waals surface area contributed by atoms with Crippen LogP contribution in [0, 0.1) is 6.92 Å². The largest absolute Gasteiger partial charge is 0.444 e. The molecule has 3 heterocycles. The number of amides is 1. The Labute approximate surface area is 161 Å². The lowest BCUT2D eigenvalue weighted by Crippen LogP contribution is -2.21. The molecule has 4 rings (SSSR count). The van der Waals surface area contributed by atoms with Gasteiger partial charge in [-0.1, -0.05) is 12.1 Å². The molecule has 144 valence electrons. The Morgan fingerprint density at radius 3 is 2.36 bits per heavy atom. The van der Waals surface area contributed by atoms with Gasteiger partial charge in [-0.15, -0.1) is 0 Å². The molecule has 1 aliphatic rings. The van der Waals surface area contributed by atoms with Crippen LogP contribution in [0.3, 0.4) is 0 Å². The number of fused-ring (bicyclic) bond motifs is 1. The molecule has 0 spiro atoms. The third kappa shape index (κ3) is 3.06. The van der Waals surface area contributed by atoms with E-state index in [1.54, 1.807) is 6.92 Å². The minimum atomic E-state index is -0.735. The number of anilines is 3. The van der Waals surface area contributed by atoms with Crippen molar-refractivity contribution in [3.8, 4) is 0 Å².